The monoisotopic (exact) mass is 447 g/mol. The maximum absolute atomic E-state index is 13.5. The second-order valence-corrected chi connectivity index (χ2v) is 9.57. The largest absolute Gasteiger partial charge is 0.445 e. The molecule has 0 aliphatic heterocycles. The lowest BCUT2D eigenvalue weighted by atomic mass is 9.99. The molecule has 0 aliphatic carbocycles. The fraction of sp³-hybridized carbons (Fsp3) is 0.120. The first-order valence-electron chi connectivity index (χ1n) is 9.92. The van der Waals surface area contributed by atoms with Crippen molar-refractivity contribution < 1.29 is 22.7 Å². The van der Waals surface area contributed by atoms with Crippen LogP contribution in [0.15, 0.2) is 83.9 Å². The first-order valence-corrected chi connectivity index (χ1v) is 11.8. The third-order valence-electron chi connectivity index (χ3n) is 5.28. The molecule has 1 N–H and O–H groups in total. The number of fused-ring (bicyclic) bond motifs is 1. The molecule has 6 nitrogen and oxygen atoms in total. The van der Waals surface area contributed by atoms with Gasteiger partial charge in [-0.05, 0) is 30.7 Å². The van der Waals surface area contributed by atoms with Crippen LogP contribution in [0.2, 0.25) is 0 Å². The van der Waals surface area contributed by atoms with E-state index in [1.54, 1.807) is 49.5 Å². The number of carbonyl (C=O) groups excluding carboxylic acids is 2. The highest BCUT2D eigenvalue weighted by atomic mass is 32.2. The Morgan fingerprint density at radius 1 is 0.906 bits per heavy atom. The van der Waals surface area contributed by atoms with E-state index in [1.807, 2.05) is 24.3 Å². The summed E-state index contributed by atoms with van der Waals surface area (Å²) in [5, 5.41) is 0.727. The third kappa shape index (κ3) is 4.20. The standard InChI is InChI=1S/C25H21NO5S/c1-16-12-13-18(32(2,29)30)14-20(16)25(28)31-24(17-8-4-3-5-9-17)23(27)21-15-26-22-11-7-6-10-19(21)22/h3-15,24,26H,1-2H3. The summed E-state index contributed by atoms with van der Waals surface area (Å²) in [4.78, 5) is 29.7. The van der Waals surface area contributed by atoms with Gasteiger partial charge < -0.3 is 9.72 Å². The number of nitrogens with one attached hydrogen (secondary N) is 1. The van der Waals surface area contributed by atoms with E-state index in [2.05, 4.69) is 4.98 Å². The number of sulfone groups is 1. The highest BCUT2D eigenvalue weighted by molar-refractivity contribution is 7.90. The van der Waals surface area contributed by atoms with Crippen LogP contribution in [-0.2, 0) is 14.6 Å². The number of hydrogen-bond donors (Lipinski definition) is 1. The number of H-pyrrole nitrogens is 1. The number of ketones is 1. The van der Waals surface area contributed by atoms with Crippen molar-refractivity contribution in [1.82, 2.24) is 4.98 Å². The summed E-state index contributed by atoms with van der Waals surface area (Å²) >= 11 is 0. The molecule has 0 aliphatic rings. The Kier molecular flexibility index (Phi) is 5.67. The van der Waals surface area contributed by atoms with E-state index in [1.165, 1.54) is 12.1 Å². The van der Waals surface area contributed by atoms with Gasteiger partial charge in [-0.1, -0.05) is 54.6 Å². The van der Waals surface area contributed by atoms with Gasteiger partial charge >= 0.3 is 5.97 Å². The molecule has 1 atom stereocenters. The molecule has 4 aromatic rings. The molecule has 0 fully saturated rings. The second-order valence-electron chi connectivity index (χ2n) is 7.56. The number of para-hydroxylation sites is 1. The van der Waals surface area contributed by atoms with Crippen LogP contribution in [0, 0.1) is 6.92 Å². The molecule has 3 aromatic carbocycles. The molecule has 0 radical (unpaired) electrons. The van der Waals surface area contributed by atoms with Crippen LogP contribution in [0.5, 0.6) is 0 Å². The maximum Gasteiger partial charge on any atom is 0.339 e. The lowest BCUT2D eigenvalue weighted by Crippen LogP contribution is -2.21. The molecule has 162 valence electrons. The van der Waals surface area contributed by atoms with E-state index >= 15 is 0 Å². The Bertz CT molecular complexity index is 1420. The molecule has 7 heteroatoms. The van der Waals surface area contributed by atoms with Crippen LogP contribution < -0.4 is 0 Å². The summed E-state index contributed by atoms with van der Waals surface area (Å²) in [6, 6.07) is 20.4. The number of Topliss-reactive ketones (excluding diaryl/α,β-unsaturated/α-hetero) is 1. The number of aryl methyl sites for hydroxylation is 1. The van der Waals surface area contributed by atoms with E-state index in [0.717, 1.165) is 17.2 Å². The first kappa shape index (κ1) is 21.5. The Balaban J connectivity index is 1.74. The zero-order valence-electron chi connectivity index (χ0n) is 17.5. The van der Waals surface area contributed by atoms with Gasteiger partial charge in [0.15, 0.2) is 15.9 Å². The fourth-order valence-corrected chi connectivity index (χ4v) is 4.19. The Morgan fingerprint density at radius 3 is 2.31 bits per heavy atom. The summed E-state index contributed by atoms with van der Waals surface area (Å²) in [5.41, 5.74) is 2.37. The quantitative estimate of drug-likeness (QED) is 0.343. The number of hydrogen-bond acceptors (Lipinski definition) is 5. The number of rotatable bonds is 6. The Morgan fingerprint density at radius 2 is 1.59 bits per heavy atom. The van der Waals surface area contributed by atoms with Crippen LogP contribution in [0.3, 0.4) is 0 Å². The van der Waals surface area contributed by atoms with Crippen LogP contribution in [-0.4, -0.2) is 31.4 Å². The number of aromatic nitrogens is 1. The average molecular weight is 448 g/mol. The van der Waals surface area contributed by atoms with Crippen molar-refractivity contribution in [3.8, 4) is 0 Å². The summed E-state index contributed by atoms with van der Waals surface area (Å²) in [6.45, 7) is 1.68. The fourth-order valence-electron chi connectivity index (χ4n) is 3.54. The van der Waals surface area contributed by atoms with Crippen LogP contribution in [0.4, 0.5) is 0 Å². The molecule has 0 saturated carbocycles. The van der Waals surface area contributed by atoms with Crippen molar-refractivity contribution in [2.75, 3.05) is 6.26 Å². The van der Waals surface area contributed by atoms with Gasteiger partial charge in [-0.15, -0.1) is 0 Å². The summed E-state index contributed by atoms with van der Waals surface area (Å²) < 4.78 is 29.6. The van der Waals surface area contributed by atoms with Crippen molar-refractivity contribution in [1.29, 1.82) is 0 Å². The van der Waals surface area contributed by atoms with E-state index in [9.17, 15) is 18.0 Å². The number of aromatic amines is 1. The zero-order valence-corrected chi connectivity index (χ0v) is 18.3. The molecular formula is C25H21NO5S. The number of ether oxygens (including phenoxy) is 1. The Labute approximate surface area is 185 Å². The summed E-state index contributed by atoms with van der Waals surface area (Å²) in [6.07, 6.45) is 1.48. The van der Waals surface area contributed by atoms with Crippen LogP contribution in [0.1, 0.15) is 37.9 Å². The molecule has 0 spiro atoms. The van der Waals surface area contributed by atoms with E-state index in [-0.39, 0.29) is 16.2 Å². The van der Waals surface area contributed by atoms with Crippen molar-refractivity contribution >= 4 is 32.5 Å². The van der Waals surface area contributed by atoms with Gasteiger partial charge in [0.2, 0.25) is 5.78 Å². The zero-order chi connectivity index (χ0) is 22.9. The lowest BCUT2D eigenvalue weighted by Gasteiger charge is -2.18. The van der Waals surface area contributed by atoms with Gasteiger partial charge in [0.05, 0.1) is 10.5 Å². The van der Waals surface area contributed by atoms with Crippen LogP contribution in [0.25, 0.3) is 10.9 Å². The first-order chi connectivity index (χ1) is 15.3. The summed E-state index contributed by atoms with van der Waals surface area (Å²) in [7, 11) is -3.51. The second kappa shape index (κ2) is 8.43. The number of esters is 1. The van der Waals surface area contributed by atoms with Gasteiger partial charge in [-0.25, -0.2) is 13.2 Å². The molecule has 1 heterocycles. The topological polar surface area (TPSA) is 93.3 Å². The molecule has 32 heavy (non-hydrogen) atoms. The lowest BCUT2D eigenvalue weighted by molar-refractivity contribution is 0.0279. The minimum Gasteiger partial charge on any atom is -0.445 e. The molecule has 1 unspecified atom stereocenters. The highest BCUT2D eigenvalue weighted by Crippen LogP contribution is 2.29. The highest BCUT2D eigenvalue weighted by Gasteiger charge is 2.29. The number of benzene rings is 3. The van der Waals surface area contributed by atoms with Gasteiger partial charge in [0.1, 0.15) is 0 Å². The van der Waals surface area contributed by atoms with Gasteiger partial charge in [-0.2, -0.15) is 0 Å². The van der Waals surface area contributed by atoms with Gasteiger partial charge in [-0.3, -0.25) is 4.79 Å². The van der Waals surface area contributed by atoms with E-state index in [4.69, 9.17) is 4.74 Å². The third-order valence-corrected chi connectivity index (χ3v) is 6.39. The molecule has 4 rings (SSSR count). The minimum atomic E-state index is -3.51. The maximum atomic E-state index is 13.5. The van der Waals surface area contributed by atoms with Crippen molar-refractivity contribution in [2.45, 2.75) is 17.9 Å². The normalized spacial score (nSPS) is 12.4. The Hall–Kier alpha value is -3.71. The predicted molar refractivity (Wildman–Crippen MR) is 122 cm³/mol. The average Bonchev–Trinajstić information content (AvgIpc) is 3.21. The van der Waals surface area contributed by atoms with Crippen molar-refractivity contribution in [3.05, 3.63) is 101 Å². The predicted octanol–water partition coefficient (Wildman–Crippen LogP) is 4.66. The van der Waals surface area contributed by atoms with Gasteiger partial charge in [0.25, 0.3) is 0 Å². The molecule has 0 bridgehead atoms. The van der Waals surface area contributed by atoms with E-state index in [0.29, 0.717) is 16.7 Å². The molecular weight excluding hydrogens is 426 g/mol. The summed E-state index contributed by atoms with van der Waals surface area (Å²) in [5.74, 6) is -1.14. The van der Waals surface area contributed by atoms with Gasteiger partial charge in [0, 0.05) is 34.5 Å². The molecule has 1 aromatic heterocycles. The van der Waals surface area contributed by atoms with Crippen LogP contribution >= 0.6 is 0 Å². The number of carbonyl (C=O) groups is 2. The smallest absolute Gasteiger partial charge is 0.339 e. The van der Waals surface area contributed by atoms with Crippen molar-refractivity contribution in [3.63, 3.8) is 0 Å². The van der Waals surface area contributed by atoms with E-state index < -0.39 is 21.9 Å². The van der Waals surface area contributed by atoms with Crippen molar-refractivity contribution in [2.24, 2.45) is 0 Å². The molecule has 0 saturated heterocycles. The SMILES string of the molecule is Cc1ccc(S(C)(=O)=O)cc1C(=O)OC(C(=O)c1c[nH]c2ccccc12)c1ccccc1. The molecule has 0 amide bonds. The minimum absolute atomic E-state index is 0.00858.